The van der Waals surface area contributed by atoms with Gasteiger partial charge in [-0.2, -0.15) is 9.78 Å². The predicted molar refractivity (Wildman–Crippen MR) is 116 cm³/mol. The lowest BCUT2D eigenvalue weighted by atomic mass is 10.2. The number of nitrogens with zero attached hydrogens (tertiary/aromatic N) is 4. The molecule has 0 unspecified atom stereocenters. The van der Waals surface area contributed by atoms with E-state index in [0.717, 1.165) is 32.1 Å². The number of furan rings is 1. The molecule has 0 spiro atoms. The summed E-state index contributed by atoms with van der Waals surface area (Å²) >= 11 is 11.0. The third kappa shape index (κ3) is 4.55. The zero-order valence-electron chi connectivity index (χ0n) is 14.5. The Morgan fingerprint density at radius 3 is 2.75 bits per heavy atom. The summed E-state index contributed by atoms with van der Waals surface area (Å²) in [4.78, 5) is 0. The van der Waals surface area contributed by atoms with Gasteiger partial charge in [-0.05, 0) is 35.9 Å². The summed E-state index contributed by atoms with van der Waals surface area (Å²) in [6, 6.07) is 19.4. The van der Waals surface area contributed by atoms with Crippen molar-refractivity contribution in [2.45, 2.75) is 10.9 Å². The average molecular weight is 474 g/mol. The van der Waals surface area contributed by atoms with Crippen LogP contribution in [-0.2, 0) is 5.75 Å². The molecule has 2 aromatic carbocycles. The first kappa shape index (κ1) is 19.0. The molecule has 28 heavy (non-hydrogen) atoms. The molecule has 0 saturated carbocycles. The molecule has 0 aliphatic carbocycles. The Hall–Kier alpha value is -2.35. The summed E-state index contributed by atoms with van der Waals surface area (Å²) in [6.45, 7) is 0. The van der Waals surface area contributed by atoms with Gasteiger partial charge in [-0.15, -0.1) is 10.2 Å². The Kier molecular flexibility index (Phi) is 5.95. The van der Waals surface area contributed by atoms with Gasteiger partial charge in [-0.25, -0.2) is 0 Å². The lowest BCUT2D eigenvalue weighted by Crippen LogP contribution is -1.92. The largest absolute Gasteiger partial charge is 0.455 e. The molecule has 0 N–H and O–H groups in total. The van der Waals surface area contributed by atoms with Gasteiger partial charge in [0.05, 0.1) is 6.21 Å². The van der Waals surface area contributed by atoms with Crippen LogP contribution in [0.2, 0.25) is 5.02 Å². The zero-order chi connectivity index (χ0) is 19.3. The van der Waals surface area contributed by atoms with Crippen molar-refractivity contribution in [3.05, 3.63) is 87.8 Å². The maximum absolute atomic E-state index is 5.92. The second-order valence-corrected chi connectivity index (χ2v) is 8.03. The summed E-state index contributed by atoms with van der Waals surface area (Å²) in [7, 11) is 0. The second kappa shape index (κ2) is 8.77. The minimum absolute atomic E-state index is 0.646. The van der Waals surface area contributed by atoms with E-state index in [1.165, 1.54) is 0 Å². The van der Waals surface area contributed by atoms with E-state index in [9.17, 15) is 0 Å². The number of halogens is 2. The van der Waals surface area contributed by atoms with Crippen molar-refractivity contribution in [1.29, 1.82) is 0 Å². The topological polar surface area (TPSA) is 56.2 Å². The molecule has 4 aromatic rings. The lowest BCUT2D eigenvalue weighted by molar-refractivity contribution is 0.573. The van der Waals surface area contributed by atoms with Crippen molar-refractivity contribution in [2.24, 2.45) is 5.10 Å². The van der Waals surface area contributed by atoms with Gasteiger partial charge in [0.25, 0.3) is 0 Å². The summed E-state index contributed by atoms with van der Waals surface area (Å²) in [6.07, 6.45) is 3.22. The first-order chi connectivity index (χ1) is 13.7. The molecule has 8 heteroatoms. The van der Waals surface area contributed by atoms with Gasteiger partial charge in [0.15, 0.2) is 0 Å². The van der Waals surface area contributed by atoms with Crippen LogP contribution in [0.15, 0.2) is 86.1 Å². The fourth-order valence-corrected chi connectivity index (χ4v) is 3.89. The van der Waals surface area contributed by atoms with E-state index >= 15 is 0 Å². The highest BCUT2D eigenvalue weighted by Crippen LogP contribution is 2.29. The van der Waals surface area contributed by atoms with Gasteiger partial charge in [0, 0.05) is 20.8 Å². The first-order valence-electron chi connectivity index (χ1n) is 8.35. The maximum Gasteiger partial charge on any atom is 0.212 e. The fourth-order valence-electron chi connectivity index (χ4n) is 2.47. The highest BCUT2D eigenvalue weighted by Gasteiger charge is 2.08. The first-order valence-corrected chi connectivity index (χ1v) is 10.5. The van der Waals surface area contributed by atoms with E-state index in [2.05, 4.69) is 31.2 Å². The molecule has 4 rings (SSSR count). The van der Waals surface area contributed by atoms with Crippen LogP contribution in [0, 0.1) is 0 Å². The molecular weight excluding hydrogens is 460 g/mol. The lowest BCUT2D eigenvalue weighted by Gasteiger charge is -2.01. The van der Waals surface area contributed by atoms with Gasteiger partial charge >= 0.3 is 0 Å². The Morgan fingerprint density at radius 1 is 1.11 bits per heavy atom. The van der Waals surface area contributed by atoms with Gasteiger partial charge in [-0.3, -0.25) is 0 Å². The SMILES string of the molecule is Clc1ccc(CSc2nncn2/N=C/c2ccc(-c3ccccc3Br)o2)cc1. The molecule has 0 atom stereocenters. The molecule has 0 fully saturated rings. The smallest absolute Gasteiger partial charge is 0.212 e. The fraction of sp³-hybridized carbons (Fsp3) is 0.0500. The van der Waals surface area contributed by atoms with Gasteiger partial charge in [-0.1, -0.05) is 69.6 Å². The normalized spacial score (nSPS) is 11.4. The van der Waals surface area contributed by atoms with Crippen LogP contribution in [0.5, 0.6) is 0 Å². The molecule has 0 aliphatic rings. The number of hydrogen-bond donors (Lipinski definition) is 0. The Morgan fingerprint density at radius 2 is 1.93 bits per heavy atom. The minimum atomic E-state index is 0.646. The van der Waals surface area contributed by atoms with Crippen molar-refractivity contribution in [3.63, 3.8) is 0 Å². The molecular formula is C20H14BrClN4OS. The van der Waals surface area contributed by atoms with Crippen molar-refractivity contribution >= 4 is 45.5 Å². The van der Waals surface area contributed by atoms with Gasteiger partial charge in [0.1, 0.15) is 17.8 Å². The second-order valence-electron chi connectivity index (χ2n) is 5.80. The Labute approximate surface area is 179 Å². The highest BCUT2D eigenvalue weighted by atomic mass is 79.9. The third-order valence-corrected chi connectivity index (χ3v) is 5.81. The highest BCUT2D eigenvalue weighted by molar-refractivity contribution is 9.10. The van der Waals surface area contributed by atoms with E-state index in [1.807, 2.05) is 60.7 Å². The molecule has 2 heterocycles. The van der Waals surface area contributed by atoms with Crippen molar-refractivity contribution < 1.29 is 4.42 Å². The Bertz CT molecular complexity index is 1110. The number of benzene rings is 2. The number of aromatic nitrogens is 3. The maximum atomic E-state index is 5.92. The summed E-state index contributed by atoms with van der Waals surface area (Å²) in [5.41, 5.74) is 2.14. The van der Waals surface area contributed by atoms with Crippen LogP contribution >= 0.6 is 39.3 Å². The minimum Gasteiger partial charge on any atom is -0.455 e. The van der Waals surface area contributed by atoms with Crippen LogP contribution in [0.3, 0.4) is 0 Å². The van der Waals surface area contributed by atoms with E-state index in [0.29, 0.717) is 10.9 Å². The monoisotopic (exact) mass is 472 g/mol. The molecule has 0 aliphatic heterocycles. The Balaban J connectivity index is 1.45. The molecule has 5 nitrogen and oxygen atoms in total. The quantitative estimate of drug-likeness (QED) is 0.250. The molecule has 140 valence electrons. The standard InChI is InChI=1S/C20H14BrClN4OS/c21-18-4-2-1-3-17(18)19-10-9-16(27-19)11-24-26-13-23-25-20(26)28-12-14-5-7-15(22)8-6-14/h1-11,13H,12H2/b24-11+. The molecule has 0 radical (unpaired) electrons. The van der Waals surface area contributed by atoms with Crippen LogP contribution < -0.4 is 0 Å². The van der Waals surface area contributed by atoms with Crippen molar-refractivity contribution in [2.75, 3.05) is 0 Å². The van der Waals surface area contributed by atoms with E-state index in [4.69, 9.17) is 16.0 Å². The predicted octanol–water partition coefficient (Wildman–Crippen LogP) is 6.13. The van der Waals surface area contributed by atoms with Crippen LogP contribution in [-0.4, -0.2) is 21.1 Å². The molecule has 0 saturated heterocycles. The van der Waals surface area contributed by atoms with Gasteiger partial charge in [0.2, 0.25) is 5.16 Å². The third-order valence-electron chi connectivity index (χ3n) is 3.86. The van der Waals surface area contributed by atoms with Crippen LogP contribution in [0.1, 0.15) is 11.3 Å². The van der Waals surface area contributed by atoms with E-state index in [1.54, 1.807) is 29.0 Å². The average Bonchev–Trinajstić information content (AvgIpc) is 3.35. The van der Waals surface area contributed by atoms with E-state index < -0.39 is 0 Å². The molecule has 2 aromatic heterocycles. The van der Waals surface area contributed by atoms with Crippen molar-refractivity contribution in [1.82, 2.24) is 14.9 Å². The summed E-state index contributed by atoms with van der Waals surface area (Å²) in [5, 5.41) is 13.9. The number of rotatable bonds is 6. The van der Waals surface area contributed by atoms with Gasteiger partial charge < -0.3 is 4.42 Å². The van der Waals surface area contributed by atoms with Crippen LogP contribution in [0.25, 0.3) is 11.3 Å². The number of thioether (sulfide) groups is 1. The van der Waals surface area contributed by atoms with E-state index in [-0.39, 0.29) is 0 Å². The molecule has 0 bridgehead atoms. The van der Waals surface area contributed by atoms with Crippen molar-refractivity contribution in [3.8, 4) is 11.3 Å². The number of hydrogen-bond acceptors (Lipinski definition) is 5. The van der Waals surface area contributed by atoms with Crippen LogP contribution in [0.4, 0.5) is 0 Å². The summed E-state index contributed by atoms with van der Waals surface area (Å²) in [5.74, 6) is 2.17. The molecule has 0 amide bonds. The zero-order valence-corrected chi connectivity index (χ0v) is 17.7. The summed E-state index contributed by atoms with van der Waals surface area (Å²) < 4.78 is 8.48.